The Kier molecular flexibility index (Phi) is 13.1. The molecule has 0 aromatic carbocycles. The van der Waals surface area contributed by atoms with Gasteiger partial charge in [-0.25, -0.2) is 4.98 Å². The molecule has 4 atom stereocenters. The van der Waals surface area contributed by atoms with Crippen LogP contribution in [0.2, 0.25) is 5.15 Å². The van der Waals surface area contributed by atoms with E-state index < -0.39 is 0 Å². The highest BCUT2D eigenvalue weighted by molar-refractivity contribution is 9.09. The Labute approximate surface area is 217 Å². The van der Waals surface area contributed by atoms with Gasteiger partial charge in [0.1, 0.15) is 18.4 Å². The zero-order valence-corrected chi connectivity index (χ0v) is 22.5. The van der Waals surface area contributed by atoms with Crippen LogP contribution < -0.4 is 0 Å². The number of aliphatic hydroxyl groups is 1. The fourth-order valence-corrected chi connectivity index (χ4v) is 6.60. The summed E-state index contributed by atoms with van der Waals surface area (Å²) in [4.78, 5) is 28.0. The van der Waals surface area contributed by atoms with Crippen LogP contribution in [0.1, 0.15) is 44.7 Å². The van der Waals surface area contributed by atoms with Gasteiger partial charge in [0, 0.05) is 34.2 Å². The van der Waals surface area contributed by atoms with E-state index in [-0.39, 0.29) is 42.0 Å². The van der Waals surface area contributed by atoms with Crippen molar-refractivity contribution in [3.05, 3.63) is 35.1 Å². The van der Waals surface area contributed by atoms with E-state index in [1.807, 2.05) is 12.1 Å². The van der Waals surface area contributed by atoms with Crippen molar-refractivity contribution in [2.75, 3.05) is 19.0 Å². The third-order valence-electron chi connectivity index (χ3n) is 5.29. The lowest BCUT2D eigenvalue weighted by Gasteiger charge is -2.21. The third-order valence-corrected chi connectivity index (χ3v) is 8.48. The Balaban J connectivity index is 1.84. The average molecular weight is 583 g/mol. The van der Waals surface area contributed by atoms with E-state index in [9.17, 15) is 9.59 Å². The van der Waals surface area contributed by atoms with Crippen molar-refractivity contribution in [3.63, 3.8) is 0 Å². The molecule has 10 heteroatoms. The number of rotatable bonds is 13. The molecule has 1 aliphatic rings. The van der Waals surface area contributed by atoms with Crippen LogP contribution in [0.15, 0.2) is 29.2 Å². The molecule has 0 bridgehead atoms. The molecule has 0 spiro atoms. The number of aromatic nitrogens is 1. The first-order valence-electron chi connectivity index (χ1n) is 10.9. The minimum Gasteiger partial charge on any atom is -0.463 e. The summed E-state index contributed by atoms with van der Waals surface area (Å²) in [5, 5.41) is 9.07. The number of thioether (sulfide) groups is 1. The predicted octanol–water partition coefficient (Wildman–Crippen LogP) is 5.55. The topological polar surface area (TPSA) is 85.7 Å². The lowest BCUT2D eigenvalue weighted by atomic mass is 9.94. The summed E-state index contributed by atoms with van der Waals surface area (Å²) in [6.07, 6.45) is 8.11. The van der Waals surface area contributed by atoms with Gasteiger partial charge in [-0.05, 0) is 49.7 Å². The second kappa shape index (κ2) is 15.2. The van der Waals surface area contributed by atoms with Gasteiger partial charge in [-0.3, -0.25) is 9.59 Å². The fourth-order valence-electron chi connectivity index (χ4n) is 3.66. The number of aliphatic hydroxyl groups excluding tert-OH is 1. The number of allylic oxidation sites excluding steroid dienone is 2. The van der Waals surface area contributed by atoms with Crippen LogP contribution >= 0.6 is 50.9 Å². The molecule has 1 fully saturated rings. The maximum Gasteiger partial charge on any atom is 0.305 e. The normalized spacial score (nSPS) is 22.6. The number of ether oxygens (including phenoxy) is 2. The van der Waals surface area contributed by atoms with Gasteiger partial charge in [0.2, 0.25) is 0 Å². The molecule has 0 amide bonds. The van der Waals surface area contributed by atoms with E-state index in [1.54, 1.807) is 11.8 Å². The van der Waals surface area contributed by atoms with E-state index in [1.165, 1.54) is 6.92 Å². The predicted molar refractivity (Wildman–Crippen MR) is 135 cm³/mol. The minimum absolute atomic E-state index is 0.0371. The van der Waals surface area contributed by atoms with Crippen molar-refractivity contribution >= 4 is 62.8 Å². The van der Waals surface area contributed by atoms with Gasteiger partial charge >= 0.3 is 11.9 Å². The largest absolute Gasteiger partial charge is 0.463 e. The number of hydrogen-bond donors (Lipinski definition) is 1. The summed E-state index contributed by atoms with van der Waals surface area (Å²) in [6, 6.07) is 3.71. The highest BCUT2D eigenvalue weighted by Crippen LogP contribution is 2.44. The van der Waals surface area contributed by atoms with Crippen LogP contribution in [0.4, 0.5) is 0 Å². The number of alkyl halides is 2. The number of pyridine rings is 1. The molecule has 6 nitrogen and oxygen atoms in total. The van der Waals surface area contributed by atoms with Crippen LogP contribution in [0.25, 0.3) is 0 Å². The van der Waals surface area contributed by atoms with Crippen LogP contribution in [-0.2, 0) is 25.7 Å². The Bertz CT molecular complexity index is 813. The highest BCUT2D eigenvalue weighted by Gasteiger charge is 2.40. The van der Waals surface area contributed by atoms with Crippen LogP contribution in [0.3, 0.4) is 0 Å². The zero-order valence-electron chi connectivity index (χ0n) is 18.6. The molecule has 1 N–H and O–H groups in total. The number of unbranched alkanes of at least 4 members (excludes halogenated alkanes) is 1. The van der Waals surface area contributed by atoms with Crippen LogP contribution in [0, 0.1) is 11.8 Å². The van der Waals surface area contributed by atoms with Gasteiger partial charge in [-0.1, -0.05) is 39.7 Å². The number of hydrogen-bond acceptors (Lipinski definition) is 7. The molecule has 33 heavy (non-hydrogen) atoms. The van der Waals surface area contributed by atoms with Gasteiger partial charge in [0.05, 0.1) is 12.3 Å². The minimum atomic E-state index is -0.359. The van der Waals surface area contributed by atoms with Crippen LogP contribution in [-0.4, -0.2) is 51.2 Å². The summed E-state index contributed by atoms with van der Waals surface area (Å²) in [6.45, 7) is 1.37. The Morgan fingerprint density at radius 1 is 1.33 bits per heavy atom. The summed E-state index contributed by atoms with van der Waals surface area (Å²) in [7, 11) is 0. The second-order valence-corrected chi connectivity index (χ2v) is 11.0. The first-order chi connectivity index (χ1) is 15.8. The summed E-state index contributed by atoms with van der Waals surface area (Å²) in [5.41, 5.74) is 0.618. The van der Waals surface area contributed by atoms with Crippen molar-refractivity contribution in [1.82, 2.24) is 4.98 Å². The molecule has 1 aliphatic carbocycles. The van der Waals surface area contributed by atoms with Crippen molar-refractivity contribution in [2.24, 2.45) is 11.8 Å². The molecule has 0 aliphatic heterocycles. The Hall–Kier alpha value is -0.800. The highest BCUT2D eigenvalue weighted by atomic mass is 79.9. The molecule has 2 rings (SSSR count). The molecule has 0 saturated heterocycles. The maximum absolute atomic E-state index is 11.4. The van der Waals surface area contributed by atoms with E-state index in [4.69, 9.17) is 37.8 Å². The van der Waals surface area contributed by atoms with Crippen molar-refractivity contribution in [3.8, 4) is 0 Å². The van der Waals surface area contributed by atoms with Gasteiger partial charge in [0.25, 0.3) is 0 Å². The first kappa shape index (κ1) is 28.4. The number of carbonyl (C=O) groups excluding carboxylic acids is 2. The average Bonchev–Trinajstić information content (AvgIpc) is 3.04. The molecule has 1 aromatic rings. The number of nitrogens with zero attached hydrogens (tertiary/aromatic N) is 1. The SMILES string of the molecule is CC(=O)OCc1cc(SC[C@H]2C(Cl)C(Br)C[C@@H]2C/C=C\CCCC(=O)OCCO)cc(Cl)n1. The molecule has 1 saturated carbocycles. The summed E-state index contributed by atoms with van der Waals surface area (Å²) < 4.78 is 9.88. The van der Waals surface area contributed by atoms with E-state index in [2.05, 4.69) is 33.1 Å². The Morgan fingerprint density at radius 2 is 2.12 bits per heavy atom. The quantitative estimate of drug-likeness (QED) is 0.0815. The van der Waals surface area contributed by atoms with Crippen molar-refractivity contribution < 1.29 is 24.2 Å². The smallest absolute Gasteiger partial charge is 0.305 e. The van der Waals surface area contributed by atoms with E-state index in [0.29, 0.717) is 29.1 Å². The molecular weight excluding hydrogens is 553 g/mol. The lowest BCUT2D eigenvalue weighted by molar-refractivity contribution is -0.145. The zero-order chi connectivity index (χ0) is 24.2. The lowest BCUT2D eigenvalue weighted by Crippen LogP contribution is -2.20. The molecule has 1 heterocycles. The van der Waals surface area contributed by atoms with E-state index >= 15 is 0 Å². The monoisotopic (exact) mass is 581 g/mol. The maximum atomic E-state index is 11.4. The summed E-state index contributed by atoms with van der Waals surface area (Å²) in [5.74, 6) is 0.988. The molecule has 2 unspecified atom stereocenters. The molecule has 0 radical (unpaired) electrons. The second-order valence-electron chi connectivity index (χ2n) is 7.87. The van der Waals surface area contributed by atoms with Crippen molar-refractivity contribution in [1.29, 1.82) is 0 Å². The standard InChI is InChI=1S/C23H30BrCl2NO5S/c1-15(29)32-13-17-11-18(12-21(25)27-17)33-14-19-16(10-20(24)23(19)26)6-4-2-3-5-7-22(30)31-9-8-28/h2,4,11-12,16,19-20,23,28H,3,5-10,13-14H2,1H3/b4-2-/t16-,19+,20?,23?/m0/s1. The molecular formula is C23H30BrCl2NO5S. The van der Waals surface area contributed by atoms with Gasteiger partial charge < -0.3 is 14.6 Å². The van der Waals surface area contributed by atoms with E-state index in [0.717, 1.165) is 36.3 Å². The van der Waals surface area contributed by atoms with Crippen LogP contribution in [0.5, 0.6) is 0 Å². The molecule has 184 valence electrons. The fraction of sp³-hybridized carbons (Fsp3) is 0.609. The third kappa shape index (κ3) is 10.6. The van der Waals surface area contributed by atoms with Gasteiger partial charge in [-0.2, -0.15) is 0 Å². The Morgan fingerprint density at radius 3 is 2.85 bits per heavy atom. The molecule has 1 aromatic heterocycles. The van der Waals surface area contributed by atoms with Gasteiger partial charge in [0.15, 0.2) is 0 Å². The number of carbonyl (C=O) groups is 2. The first-order valence-corrected chi connectivity index (χ1v) is 13.6. The number of halogens is 3. The summed E-state index contributed by atoms with van der Waals surface area (Å²) >= 11 is 18.3. The van der Waals surface area contributed by atoms with Gasteiger partial charge in [-0.15, -0.1) is 23.4 Å². The number of esters is 2. The van der Waals surface area contributed by atoms with Crippen molar-refractivity contribution in [2.45, 2.75) is 60.7 Å².